The van der Waals surface area contributed by atoms with E-state index in [1.807, 2.05) is 37.4 Å². The third-order valence-corrected chi connectivity index (χ3v) is 2.15. The van der Waals surface area contributed by atoms with Crippen LogP contribution in [0.1, 0.15) is 0 Å². The molecule has 0 unspecified atom stereocenters. The van der Waals surface area contributed by atoms with Gasteiger partial charge in [-0.15, -0.1) is 0 Å². The van der Waals surface area contributed by atoms with Gasteiger partial charge in [-0.2, -0.15) is 0 Å². The van der Waals surface area contributed by atoms with Gasteiger partial charge in [0.25, 0.3) is 0 Å². The molecule has 3 heteroatoms. The molecule has 1 radical (unpaired) electrons. The summed E-state index contributed by atoms with van der Waals surface area (Å²) in [6.07, 6.45) is 0. The highest BCUT2D eigenvalue weighted by atomic mass is 15.0. The molecular weight excluding hydrogens is 174 g/mol. The Labute approximate surface area is 83.2 Å². The molecule has 2 rings (SSSR count). The van der Waals surface area contributed by atoms with E-state index in [2.05, 4.69) is 22.7 Å². The summed E-state index contributed by atoms with van der Waals surface area (Å²) in [6.45, 7) is 0. The predicted molar refractivity (Wildman–Crippen MR) is 60.3 cm³/mol. The van der Waals surface area contributed by atoms with E-state index < -0.39 is 0 Å². The maximum absolute atomic E-state index is 4.42. The molecule has 2 N–H and O–H groups in total. The van der Waals surface area contributed by atoms with Crippen LogP contribution in [-0.2, 0) is 0 Å². The minimum atomic E-state index is 0.874. The Balaban J connectivity index is 2.60. The lowest BCUT2D eigenvalue weighted by atomic mass is 10.2. The molecule has 14 heavy (non-hydrogen) atoms. The quantitative estimate of drug-likeness (QED) is 0.756. The molecule has 0 fully saturated rings. The molecule has 0 saturated carbocycles. The van der Waals surface area contributed by atoms with E-state index in [1.165, 1.54) is 0 Å². The van der Waals surface area contributed by atoms with Gasteiger partial charge < -0.3 is 10.6 Å². The van der Waals surface area contributed by atoms with Crippen LogP contribution in [0.4, 0.5) is 11.5 Å². The Hall–Kier alpha value is -1.77. The lowest BCUT2D eigenvalue weighted by molar-refractivity contribution is 1.34. The van der Waals surface area contributed by atoms with Crippen LogP contribution >= 0.6 is 0 Å². The van der Waals surface area contributed by atoms with Crippen molar-refractivity contribution >= 4 is 22.4 Å². The second-order valence-corrected chi connectivity index (χ2v) is 3.03. The van der Waals surface area contributed by atoms with Crippen molar-refractivity contribution in [2.75, 3.05) is 17.7 Å². The minimum absolute atomic E-state index is 0.874. The summed E-state index contributed by atoms with van der Waals surface area (Å²) in [4.78, 5) is 4.42. The van der Waals surface area contributed by atoms with Crippen LogP contribution in [0.2, 0.25) is 0 Å². The molecule has 0 aliphatic rings. The van der Waals surface area contributed by atoms with Gasteiger partial charge in [0.2, 0.25) is 0 Å². The van der Waals surface area contributed by atoms with Crippen molar-refractivity contribution in [2.45, 2.75) is 0 Å². The fourth-order valence-corrected chi connectivity index (χ4v) is 1.37. The highest BCUT2D eigenvalue weighted by Gasteiger charge is 1.97. The molecule has 0 atom stereocenters. The van der Waals surface area contributed by atoms with Gasteiger partial charge in [-0.3, -0.25) is 0 Å². The van der Waals surface area contributed by atoms with Crippen LogP contribution in [0.3, 0.4) is 0 Å². The summed E-state index contributed by atoms with van der Waals surface area (Å²) in [6, 6.07) is 9.98. The van der Waals surface area contributed by atoms with Crippen LogP contribution in [0.5, 0.6) is 0 Å². The number of benzene rings is 1. The van der Waals surface area contributed by atoms with E-state index in [1.54, 1.807) is 0 Å². The van der Waals surface area contributed by atoms with Crippen molar-refractivity contribution in [3.63, 3.8) is 0 Å². The lowest BCUT2D eigenvalue weighted by Gasteiger charge is -2.04. The maximum atomic E-state index is 4.42. The molecule has 0 aliphatic carbocycles. The average molecular weight is 186 g/mol. The lowest BCUT2D eigenvalue weighted by Crippen LogP contribution is -1.92. The molecular formula is C11H12N3. The van der Waals surface area contributed by atoms with E-state index in [0.29, 0.717) is 0 Å². The number of aromatic nitrogens is 1. The van der Waals surface area contributed by atoms with E-state index in [0.717, 1.165) is 22.4 Å². The van der Waals surface area contributed by atoms with Crippen LogP contribution in [0.25, 0.3) is 10.9 Å². The minimum Gasteiger partial charge on any atom is -0.383 e. The smallest absolute Gasteiger partial charge is 0.126 e. The van der Waals surface area contributed by atoms with Crippen molar-refractivity contribution in [1.29, 1.82) is 0 Å². The molecule has 0 aliphatic heterocycles. The molecule has 3 nitrogen and oxygen atoms in total. The summed E-state index contributed by atoms with van der Waals surface area (Å²) in [5.41, 5.74) is 1.93. The Morgan fingerprint density at radius 3 is 2.71 bits per heavy atom. The van der Waals surface area contributed by atoms with Crippen LogP contribution in [0, 0.1) is 7.05 Å². The number of hydrogen-bond donors (Lipinski definition) is 2. The largest absolute Gasteiger partial charge is 0.383 e. The summed E-state index contributed by atoms with van der Waals surface area (Å²) < 4.78 is 0. The van der Waals surface area contributed by atoms with E-state index in [4.69, 9.17) is 0 Å². The third-order valence-electron chi connectivity index (χ3n) is 2.15. The Morgan fingerprint density at radius 2 is 2.00 bits per heavy atom. The van der Waals surface area contributed by atoms with Crippen LogP contribution in [0.15, 0.2) is 30.3 Å². The number of nitrogens with one attached hydrogen (secondary N) is 2. The van der Waals surface area contributed by atoms with Crippen molar-refractivity contribution in [1.82, 2.24) is 4.98 Å². The van der Waals surface area contributed by atoms with Crippen molar-refractivity contribution in [3.8, 4) is 0 Å². The van der Waals surface area contributed by atoms with E-state index in [9.17, 15) is 0 Å². The average Bonchev–Trinajstić information content (AvgIpc) is 2.27. The summed E-state index contributed by atoms with van der Waals surface area (Å²) >= 11 is 0. The van der Waals surface area contributed by atoms with Crippen molar-refractivity contribution in [2.24, 2.45) is 0 Å². The second kappa shape index (κ2) is 3.54. The zero-order chi connectivity index (χ0) is 9.97. The van der Waals surface area contributed by atoms with Gasteiger partial charge in [-0.1, -0.05) is 6.07 Å². The van der Waals surface area contributed by atoms with Gasteiger partial charge in [0.15, 0.2) is 0 Å². The summed E-state index contributed by atoms with van der Waals surface area (Å²) in [7, 11) is 5.47. The second-order valence-electron chi connectivity index (χ2n) is 3.03. The molecule has 71 valence electrons. The maximum Gasteiger partial charge on any atom is 0.126 e. The Bertz CT molecular complexity index is 412. The standard InChI is InChI=1S/C11H12N3/c1-12-9-5-3-8-4-6-11(13-2)14-10(8)7-9/h3-7,12H,1H2,2H3,(H,13,14). The Kier molecular flexibility index (Phi) is 2.23. The van der Waals surface area contributed by atoms with Crippen molar-refractivity contribution in [3.05, 3.63) is 37.4 Å². The number of anilines is 2. The van der Waals surface area contributed by atoms with Crippen molar-refractivity contribution < 1.29 is 0 Å². The molecule has 0 spiro atoms. The molecule has 1 aromatic heterocycles. The number of rotatable bonds is 2. The number of pyridine rings is 1. The van der Waals surface area contributed by atoms with E-state index in [-0.39, 0.29) is 0 Å². The first kappa shape index (κ1) is 8.81. The molecule has 2 aromatic rings. The molecule has 0 amide bonds. The van der Waals surface area contributed by atoms with E-state index >= 15 is 0 Å². The fraction of sp³-hybridized carbons (Fsp3) is 0.0909. The monoisotopic (exact) mass is 186 g/mol. The molecule has 0 bridgehead atoms. The Morgan fingerprint density at radius 1 is 1.21 bits per heavy atom. The molecule has 1 heterocycles. The highest BCUT2D eigenvalue weighted by molar-refractivity contribution is 5.83. The first-order chi connectivity index (χ1) is 6.83. The van der Waals surface area contributed by atoms with Gasteiger partial charge in [-0.25, -0.2) is 4.98 Å². The number of fused-ring (bicyclic) bond motifs is 1. The summed E-state index contributed by atoms with van der Waals surface area (Å²) in [5.74, 6) is 0.874. The normalized spacial score (nSPS) is 10.1. The molecule has 1 aromatic carbocycles. The van der Waals surface area contributed by atoms with Gasteiger partial charge in [0.05, 0.1) is 5.52 Å². The first-order valence-corrected chi connectivity index (χ1v) is 4.45. The van der Waals surface area contributed by atoms with Gasteiger partial charge in [0.1, 0.15) is 5.82 Å². The van der Waals surface area contributed by atoms with Gasteiger partial charge in [-0.05, 0) is 24.3 Å². The van der Waals surface area contributed by atoms with Crippen LogP contribution in [-0.4, -0.2) is 12.0 Å². The molecule has 0 saturated heterocycles. The third kappa shape index (κ3) is 1.48. The van der Waals surface area contributed by atoms with Gasteiger partial charge in [0, 0.05) is 25.2 Å². The number of hydrogen-bond acceptors (Lipinski definition) is 3. The zero-order valence-corrected chi connectivity index (χ0v) is 8.04. The topological polar surface area (TPSA) is 37.0 Å². The summed E-state index contributed by atoms with van der Waals surface area (Å²) in [5, 5.41) is 6.98. The number of nitrogens with zero attached hydrogens (tertiary/aromatic N) is 1. The first-order valence-electron chi connectivity index (χ1n) is 4.45. The predicted octanol–water partition coefficient (Wildman–Crippen LogP) is 2.48. The SMILES string of the molecule is [CH2]Nc1ccc2ccc(NC)nc2c1. The van der Waals surface area contributed by atoms with Crippen LogP contribution < -0.4 is 10.6 Å². The highest BCUT2D eigenvalue weighted by Crippen LogP contribution is 2.18. The fourth-order valence-electron chi connectivity index (χ4n) is 1.37. The van der Waals surface area contributed by atoms with Gasteiger partial charge >= 0.3 is 0 Å². The zero-order valence-electron chi connectivity index (χ0n) is 8.04.